The molecule has 3 rings (SSSR count). The van der Waals surface area contributed by atoms with Crippen LogP contribution >= 0.6 is 0 Å². The van der Waals surface area contributed by atoms with Crippen LogP contribution in [-0.2, 0) is 0 Å². The van der Waals surface area contributed by atoms with Crippen LogP contribution in [0.1, 0.15) is 10.5 Å². The summed E-state index contributed by atoms with van der Waals surface area (Å²) in [6, 6.07) is 9.62. The summed E-state index contributed by atoms with van der Waals surface area (Å²) in [7, 11) is 0. The molecule has 6 nitrogen and oxygen atoms in total. The van der Waals surface area contributed by atoms with E-state index in [0.29, 0.717) is 11.5 Å². The molecule has 2 heterocycles. The van der Waals surface area contributed by atoms with Crippen LogP contribution < -0.4 is 5.32 Å². The third-order valence-corrected chi connectivity index (χ3v) is 2.74. The quantitative estimate of drug-likeness (QED) is 0.793. The highest BCUT2D eigenvalue weighted by atomic mass is 16.1. The minimum absolute atomic E-state index is 0.240. The lowest BCUT2D eigenvalue weighted by atomic mass is 10.2. The van der Waals surface area contributed by atoms with Crippen LogP contribution in [0.15, 0.2) is 61.3 Å². The molecule has 21 heavy (non-hydrogen) atoms. The number of anilines is 1. The normalized spacial score (nSPS) is 10.1. The zero-order chi connectivity index (χ0) is 14.5. The summed E-state index contributed by atoms with van der Waals surface area (Å²) < 4.78 is 0. The molecular formula is C15H11N5O. The monoisotopic (exact) mass is 277 g/mol. The number of benzene rings is 1. The summed E-state index contributed by atoms with van der Waals surface area (Å²) in [5.41, 5.74) is 1.67. The molecule has 1 amide bonds. The van der Waals surface area contributed by atoms with Crippen molar-refractivity contribution in [3.8, 4) is 11.4 Å². The number of nitrogens with zero attached hydrogens (tertiary/aromatic N) is 4. The molecule has 102 valence electrons. The van der Waals surface area contributed by atoms with Crippen molar-refractivity contribution in [3.05, 3.63) is 67.0 Å². The van der Waals surface area contributed by atoms with Crippen LogP contribution in [0.25, 0.3) is 11.4 Å². The van der Waals surface area contributed by atoms with E-state index in [1.165, 1.54) is 18.6 Å². The van der Waals surface area contributed by atoms with Crippen LogP contribution in [0.5, 0.6) is 0 Å². The summed E-state index contributed by atoms with van der Waals surface area (Å²) in [6.07, 6.45) is 7.49. The molecule has 0 fully saturated rings. The first-order valence-electron chi connectivity index (χ1n) is 6.28. The number of amides is 1. The van der Waals surface area contributed by atoms with E-state index < -0.39 is 0 Å². The SMILES string of the molecule is O=C(Nc1cnc(-c2ccccc2)nc1)c1cnccn1. The minimum atomic E-state index is -0.348. The smallest absolute Gasteiger partial charge is 0.275 e. The van der Waals surface area contributed by atoms with Gasteiger partial charge in [-0.3, -0.25) is 9.78 Å². The molecule has 0 spiro atoms. The highest BCUT2D eigenvalue weighted by Gasteiger charge is 2.08. The Kier molecular flexibility index (Phi) is 3.60. The van der Waals surface area contributed by atoms with Crippen molar-refractivity contribution in [2.45, 2.75) is 0 Å². The maximum Gasteiger partial charge on any atom is 0.275 e. The van der Waals surface area contributed by atoms with Crippen molar-refractivity contribution in [2.75, 3.05) is 5.32 Å². The van der Waals surface area contributed by atoms with Gasteiger partial charge in [0.15, 0.2) is 5.82 Å². The van der Waals surface area contributed by atoms with Gasteiger partial charge < -0.3 is 5.32 Å². The Labute approximate surface area is 121 Å². The molecule has 0 saturated heterocycles. The second-order valence-electron chi connectivity index (χ2n) is 4.21. The lowest BCUT2D eigenvalue weighted by molar-refractivity contribution is 0.102. The zero-order valence-corrected chi connectivity index (χ0v) is 11.0. The van der Waals surface area contributed by atoms with Crippen LogP contribution in [0.2, 0.25) is 0 Å². The number of hydrogen-bond donors (Lipinski definition) is 1. The van der Waals surface area contributed by atoms with Crippen molar-refractivity contribution >= 4 is 11.6 Å². The van der Waals surface area contributed by atoms with E-state index in [1.54, 1.807) is 12.4 Å². The maximum atomic E-state index is 11.9. The summed E-state index contributed by atoms with van der Waals surface area (Å²) in [6.45, 7) is 0. The fourth-order valence-electron chi connectivity index (χ4n) is 1.74. The molecule has 0 aliphatic heterocycles. The molecule has 3 aromatic rings. The largest absolute Gasteiger partial charge is 0.318 e. The molecule has 0 atom stereocenters. The fourth-order valence-corrected chi connectivity index (χ4v) is 1.74. The standard InChI is InChI=1S/C15H11N5O/c21-15(13-10-16-6-7-17-13)20-12-8-18-14(19-9-12)11-4-2-1-3-5-11/h1-10H,(H,20,21). The van der Waals surface area contributed by atoms with Crippen molar-refractivity contribution in [2.24, 2.45) is 0 Å². The summed E-state index contributed by atoms with van der Waals surface area (Å²) in [5, 5.41) is 2.67. The average molecular weight is 277 g/mol. The molecule has 0 aliphatic rings. The molecule has 0 radical (unpaired) electrons. The fraction of sp³-hybridized carbons (Fsp3) is 0. The van der Waals surface area contributed by atoms with Crippen LogP contribution in [0.3, 0.4) is 0 Å². The predicted octanol–water partition coefficient (Wildman–Crippen LogP) is 2.19. The van der Waals surface area contributed by atoms with E-state index >= 15 is 0 Å². The van der Waals surface area contributed by atoms with Gasteiger partial charge in [-0.2, -0.15) is 0 Å². The Hall–Kier alpha value is -3.15. The molecular weight excluding hydrogens is 266 g/mol. The van der Waals surface area contributed by atoms with E-state index in [4.69, 9.17) is 0 Å². The van der Waals surface area contributed by atoms with Crippen LogP contribution in [0, 0.1) is 0 Å². The number of aromatic nitrogens is 4. The highest BCUT2D eigenvalue weighted by Crippen LogP contribution is 2.14. The number of hydrogen-bond acceptors (Lipinski definition) is 5. The van der Waals surface area contributed by atoms with E-state index in [2.05, 4.69) is 25.3 Å². The molecule has 0 aliphatic carbocycles. The predicted molar refractivity (Wildman–Crippen MR) is 77.5 cm³/mol. The van der Waals surface area contributed by atoms with Gasteiger partial charge in [0.05, 0.1) is 24.3 Å². The first-order chi connectivity index (χ1) is 10.3. The number of nitrogens with one attached hydrogen (secondary N) is 1. The van der Waals surface area contributed by atoms with Crippen molar-refractivity contribution in [1.82, 2.24) is 19.9 Å². The van der Waals surface area contributed by atoms with Crippen molar-refractivity contribution < 1.29 is 4.79 Å². The molecule has 6 heteroatoms. The second-order valence-corrected chi connectivity index (χ2v) is 4.21. The first kappa shape index (κ1) is 12.9. The second kappa shape index (κ2) is 5.87. The van der Waals surface area contributed by atoms with Gasteiger partial charge in [0.2, 0.25) is 0 Å². The molecule has 0 saturated carbocycles. The summed E-state index contributed by atoms with van der Waals surface area (Å²) in [5.74, 6) is 0.257. The summed E-state index contributed by atoms with van der Waals surface area (Å²) >= 11 is 0. The van der Waals surface area contributed by atoms with Gasteiger partial charge in [0.25, 0.3) is 5.91 Å². The number of carbonyl (C=O) groups excluding carboxylic acids is 1. The van der Waals surface area contributed by atoms with E-state index in [1.807, 2.05) is 30.3 Å². The van der Waals surface area contributed by atoms with Crippen molar-refractivity contribution in [3.63, 3.8) is 0 Å². The Bertz CT molecular complexity index is 729. The molecule has 1 aromatic carbocycles. The highest BCUT2D eigenvalue weighted by molar-refractivity contribution is 6.02. The van der Waals surface area contributed by atoms with Gasteiger partial charge in [0, 0.05) is 18.0 Å². The zero-order valence-electron chi connectivity index (χ0n) is 11.0. The summed E-state index contributed by atoms with van der Waals surface area (Å²) in [4.78, 5) is 28.1. The number of carbonyl (C=O) groups is 1. The van der Waals surface area contributed by atoms with Crippen LogP contribution in [-0.4, -0.2) is 25.8 Å². The van der Waals surface area contributed by atoms with E-state index in [0.717, 1.165) is 5.56 Å². The van der Waals surface area contributed by atoms with Gasteiger partial charge in [-0.15, -0.1) is 0 Å². The van der Waals surface area contributed by atoms with Gasteiger partial charge in [0.1, 0.15) is 5.69 Å². The molecule has 1 N–H and O–H groups in total. The lowest BCUT2D eigenvalue weighted by Gasteiger charge is -2.04. The molecule has 2 aromatic heterocycles. The van der Waals surface area contributed by atoms with Gasteiger partial charge in [-0.1, -0.05) is 30.3 Å². The van der Waals surface area contributed by atoms with Crippen LogP contribution in [0.4, 0.5) is 5.69 Å². The van der Waals surface area contributed by atoms with Crippen molar-refractivity contribution in [1.29, 1.82) is 0 Å². The Morgan fingerprint density at radius 2 is 1.67 bits per heavy atom. The lowest BCUT2D eigenvalue weighted by Crippen LogP contribution is -2.14. The Morgan fingerprint density at radius 1 is 0.905 bits per heavy atom. The maximum absolute atomic E-state index is 11.9. The third-order valence-electron chi connectivity index (χ3n) is 2.74. The van der Waals surface area contributed by atoms with Gasteiger partial charge in [-0.05, 0) is 0 Å². The Morgan fingerprint density at radius 3 is 2.33 bits per heavy atom. The molecule has 0 unspecified atom stereocenters. The molecule has 0 bridgehead atoms. The number of rotatable bonds is 3. The van der Waals surface area contributed by atoms with E-state index in [9.17, 15) is 4.79 Å². The van der Waals surface area contributed by atoms with E-state index in [-0.39, 0.29) is 11.6 Å². The van der Waals surface area contributed by atoms with Gasteiger partial charge in [-0.25, -0.2) is 15.0 Å². The topological polar surface area (TPSA) is 80.7 Å². The Balaban J connectivity index is 1.75. The average Bonchev–Trinajstić information content (AvgIpc) is 2.57. The minimum Gasteiger partial charge on any atom is -0.318 e. The van der Waals surface area contributed by atoms with Gasteiger partial charge >= 0.3 is 0 Å². The first-order valence-corrected chi connectivity index (χ1v) is 6.28. The third kappa shape index (κ3) is 3.06.